The fourth-order valence-electron chi connectivity index (χ4n) is 2.95. The van der Waals surface area contributed by atoms with Crippen LogP contribution in [0.2, 0.25) is 0 Å². The fourth-order valence-corrected chi connectivity index (χ4v) is 2.95. The SMILES string of the molecule is Cc1ccc(C(=O)N(Cc2nnc(-c3cccc([N+](=O)[O-])c3)o2)C2CC2)cc1. The lowest BCUT2D eigenvalue weighted by molar-refractivity contribution is -0.384. The van der Waals surface area contributed by atoms with Crippen molar-refractivity contribution in [2.45, 2.75) is 32.4 Å². The molecule has 142 valence electrons. The molecule has 4 rings (SSSR count). The molecule has 0 saturated heterocycles. The van der Waals surface area contributed by atoms with Crippen LogP contribution in [0.25, 0.3) is 11.5 Å². The van der Waals surface area contributed by atoms with Gasteiger partial charge in [-0.2, -0.15) is 0 Å². The van der Waals surface area contributed by atoms with Gasteiger partial charge in [0.1, 0.15) is 0 Å². The summed E-state index contributed by atoms with van der Waals surface area (Å²) in [5, 5.41) is 19.0. The van der Waals surface area contributed by atoms with Crippen LogP contribution in [0.4, 0.5) is 5.69 Å². The number of rotatable bonds is 6. The third kappa shape index (κ3) is 3.75. The van der Waals surface area contributed by atoms with Crippen LogP contribution in [0.5, 0.6) is 0 Å². The summed E-state index contributed by atoms with van der Waals surface area (Å²) in [6, 6.07) is 13.6. The summed E-state index contributed by atoms with van der Waals surface area (Å²) in [5.41, 5.74) is 2.13. The summed E-state index contributed by atoms with van der Waals surface area (Å²) in [5.74, 6) is 0.420. The Morgan fingerprint density at radius 2 is 1.96 bits per heavy atom. The Balaban J connectivity index is 1.54. The summed E-state index contributed by atoms with van der Waals surface area (Å²) in [6.07, 6.45) is 1.90. The van der Waals surface area contributed by atoms with Crippen molar-refractivity contribution < 1.29 is 14.1 Å². The lowest BCUT2D eigenvalue weighted by Crippen LogP contribution is -2.32. The van der Waals surface area contributed by atoms with Gasteiger partial charge in [0.2, 0.25) is 11.8 Å². The first-order valence-electron chi connectivity index (χ1n) is 8.96. The molecule has 0 bridgehead atoms. The lowest BCUT2D eigenvalue weighted by Gasteiger charge is -2.20. The van der Waals surface area contributed by atoms with E-state index in [1.165, 1.54) is 12.1 Å². The molecule has 1 fully saturated rings. The molecule has 8 heteroatoms. The first-order valence-corrected chi connectivity index (χ1v) is 8.96. The number of aromatic nitrogens is 2. The smallest absolute Gasteiger partial charge is 0.270 e. The predicted molar refractivity (Wildman–Crippen MR) is 100 cm³/mol. The van der Waals surface area contributed by atoms with Crippen LogP contribution in [0.15, 0.2) is 52.9 Å². The van der Waals surface area contributed by atoms with Gasteiger partial charge in [0.25, 0.3) is 11.6 Å². The number of hydrogen-bond donors (Lipinski definition) is 0. The fraction of sp³-hybridized carbons (Fsp3) is 0.250. The Labute approximate surface area is 161 Å². The van der Waals surface area contributed by atoms with E-state index in [0.717, 1.165) is 18.4 Å². The van der Waals surface area contributed by atoms with Crippen LogP contribution < -0.4 is 0 Å². The Bertz CT molecular complexity index is 1020. The van der Waals surface area contributed by atoms with Gasteiger partial charge in [0, 0.05) is 29.3 Å². The predicted octanol–water partition coefficient (Wildman–Crippen LogP) is 3.76. The van der Waals surface area contributed by atoms with E-state index < -0.39 is 4.92 Å². The molecule has 1 amide bonds. The highest BCUT2D eigenvalue weighted by atomic mass is 16.6. The largest absolute Gasteiger partial charge is 0.419 e. The monoisotopic (exact) mass is 378 g/mol. The number of carbonyl (C=O) groups excluding carboxylic acids is 1. The number of nitro groups is 1. The molecular weight excluding hydrogens is 360 g/mol. The molecule has 0 unspecified atom stereocenters. The number of nitro benzene ring substituents is 1. The number of benzene rings is 2. The van der Waals surface area contributed by atoms with Gasteiger partial charge in [0.15, 0.2) is 0 Å². The number of nitrogens with zero attached hydrogens (tertiary/aromatic N) is 4. The molecule has 0 N–H and O–H groups in total. The maximum atomic E-state index is 12.9. The van der Waals surface area contributed by atoms with Crippen LogP contribution in [0.3, 0.4) is 0 Å². The Hall–Kier alpha value is -3.55. The highest BCUT2D eigenvalue weighted by Gasteiger charge is 2.34. The zero-order valence-corrected chi connectivity index (χ0v) is 15.2. The molecule has 1 aliphatic carbocycles. The summed E-state index contributed by atoms with van der Waals surface area (Å²) >= 11 is 0. The average Bonchev–Trinajstić information content (AvgIpc) is 3.44. The van der Waals surface area contributed by atoms with E-state index in [1.807, 2.05) is 31.2 Å². The minimum atomic E-state index is -0.476. The van der Waals surface area contributed by atoms with E-state index in [4.69, 9.17) is 4.42 Å². The Morgan fingerprint density at radius 1 is 1.21 bits per heavy atom. The highest BCUT2D eigenvalue weighted by Crippen LogP contribution is 2.30. The van der Waals surface area contributed by atoms with Crippen molar-refractivity contribution in [2.75, 3.05) is 0 Å². The third-order valence-corrected chi connectivity index (χ3v) is 4.62. The van der Waals surface area contributed by atoms with Crippen LogP contribution in [-0.2, 0) is 6.54 Å². The molecule has 1 heterocycles. The molecule has 1 saturated carbocycles. The van der Waals surface area contributed by atoms with Gasteiger partial charge in [-0.05, 0) is 38.0 Å². The second-order valence-electron chi connectivity index (χ2n) is 6.84. The highest BCUT2D eigenvalue weighted by molar-refractivity contribution is 5.94. The number of aryl methyl sites for hydroxylation is 1. The van der Waals surface area contributed by atoms with Crippen molar-refractivity contribution in [3.8, 4) is 11.5 Å². The quantitative estimate of drug-likeness (QED) is 0.478. The van der Waals surface area contributed by atoms with Crippen molar-refractivity contribution in [3.63, 3.8) is 0 Å². The van der Waals surface area contributed by atoms with Gasteiger partial charge in [-0.15, -0.1) is 10.2 Å². The number of carbonyl (C=O) groups is 1. The van der Waals surface area contributed by atoms with Gasteiger partial charge in [-0.1, -0.05) is 23.8 Å². The zero-order valence-electron chi connectivity index (χ0n) is 15.2. The van der Waals surface area contributed by atoms with E-state index in [1.54, 1.807) is 17.0 Å². The maximum Gasteiger partial charge on any atom is 0.270 e. The van der Waals surface area contributed by atoms with Gasteiger partial charge in [0.05, 0.1) is 11.5 Å². The van der Waals surface area contributed by atoms with E-state index in [-0.39, 0.29) is 30.1 Å². The van der Waals surface area contributed by atoms with Gasteiger partial charge in [-0.25, -0.2) is 0 Å². The number of non-ortho nitro benzene ring substituents is 1. The van der Waals surface area contributed by atoms with Crippen molar-refractivity contribution in [1.29, 1.82) is 0 Å². The van der Waals surface area contributed by atoms with Crippen LogP contribution in [0.1, 0.15) is 34.7 Å². The van der Waals surface area contributed by atoms with Crippen molar-refractivity contribution in [3.05, 3.63) is 75.7 Å². The van der Waals surface area contributed by atoms with Crippen LogP contribution in [-0.4, -0.2) is 32.0 Å². The van der Waals surface area contributed by atoms with Gasteiger partial charge >= 0.3 is 0 Å². The molecule has 0 spiro atoms. The molecular formula is C20H18N4O4. The summed E-state index contributed by atoms with van der Waals surface area (Å²) in [7, 11) is 0. The molecule has 0 radical (unpaired) electrons. The number of amides is 1. The second-order valence-corrected chi connectivity index (χ2v) is 6.84. The molecule has 28 heavy (non-hydrogen) atoms. The van der Waals surface area contributed by atoms with Crippen molar-refractivity contribution in [1.82, 2.24) is 15.1 Å². The van der Waals surface area contributed by atoms with E-state index in [9.17, 15) is 14.9 Å². The summed E-state index contributed by atoms with van der Waals surface area (Å²) in [4.78, 5) is 25.1. The second kappa shape index (κ2) is 7.22. The standard InChI is InChI=1S/C20H18N4O4/c1-13-5-7-14(8-6-13)20(25)23(16-9-10-16)12-18-21-22-19(28-18)15-3-2-4-17(11-15)24(26)27/h2-8,11,16H,9-10,12H2,1H3. The van der Waals surface area contributed by atoms with Crippen LogP contribution >= 0.6 is 0 Å². The van der Waals surface area contributed by atoms with Crippen molar-refractivity contribution >= 4 is 11.6 Å². The molecule has 3 aromatic rings. The minimum Gasteiger partial charge on any atom is -0.419 e. The normalized spacial score (nSPS) is 13.3. The topological polar surface area (TPSA) is 102 Å². The zero-order chi connectivity index (χ0) is 19.7. The molecule has 1 aliphatic rings. The van der Waals surface area contributed by atoms with Crippen LogP contribution in [0, 0.1) is 17.0 Å². The molecule has 1 aromatic heterocycles. The first kappa shape index (κ1) is 17.8. The number of hydrogen-bond acceptors (Lipinski definition) is 6. The van der Waals surface area contributed by atoms with E-state index >= 15 is 0 Å². The van der Waals surface area contributed by atoms with Gasteiger partial charge in [-0.3, -0.25) is 14.9 Å². The first-order chi connectivity index (χ1) is 13.5. The summed E-state index contributed by atoms with van der Waals surface area (Å²) < 4.78 is 5.68. The third-order valence-electron chi connectivity index (χ3n) is 4.62. The van der Waals surface area contributed by atoms with E-state index in [2.05, 4.69) is 10.2 Å². The minimum absolute atomic E-state index is 0.0496. The molecule has 8 nitrogen and oxygen atoms in total. The molecule has 0 atom stereocenters. The average molecular weight is 378 g/mol. The summed E-state index contributed by atoms with van der Waals surface area (Å²) in [6.45, 7) is 2.18. The van der Waals surface area contributed by atoms with Crippen molar-refractivity contribution in [2.24, 2.45) is 0 Å². The Kier molecular flexibility index (Phi) is 4.60. The van der Waals surface area contributed by atoms with Gasteiger partial charge < -0.3 is 9.32 Å². The molecule has 2 aromatic carbocycles. The van der Waals surface area contributed by atoms with E-state index in [0.29, 0.717) is 17.0 Å². The molecule has 0 aliphatic heterocycles. The lowest BCUT2D eigenvalue weighted by atomic mass is 10.1. The Morgan fingerprint density at radius 3 is 2.64 bits per heavy atom. The maximum absolute atomic E-state index is 12.9.